The van der Waals surface area contributed by atoms with Crippen molar-refractivity contribution in [1.29, 1.82) is 0 Å². The van der Waals surface area contributed by atoms with Crippen LogP contribution >= 0.6 is 0 Å². The van der Waals surface area contributed by atoms with Crippen LogP contribution in [0.2, 0.25) is 0 Å². The predicted octanol–water partition coefficient (Wildman–Crippen LogP) is 4.79. The third-order valence-electron chi connectivity index (χ3n) is 4.08. The molecule has 0 aliphatic rings. The number of hydrogen-bond acceptors (Lipinski definition) is 4. The van der Waals surface area contributed by atoms with Crippen LogP contribution in [-0.4, -0.2) is 11.0 Å². The van der Waals surface area contributed by atoms with Crippen LogP contribution in [0.4, 0.5) is 0 Å². The molecule has 3 rings (SSSR count). The molecule has 0 saturated heterocycles. The zero-order chi connectivity index (χ0) is 17.3. The van der Waals surface area contributed by atoms with Gasteiger partial charge in [-0.2, -0.15) is 0 Å². The molecule has 0 N–H and O–H groups in total. The van der Waals surface area contributed by atoms with Gasteiger partial charge in [-0.25, -0.2) is 9.78 Å². The Morgan fingerprint density at radius 3 is 2.33 bits per heavy atom. The third-order valence-corrected chi connectivity index (χ3v) is 4.08. The molecule has 3 aromatic rings. The third kappa shape index (κ3) is 2.95. The Balaban J connectivity index is 1.92. The standard InChI is InChI=1S/C20H19NO3/c1-12-10-11-13(2)18(14(12)3)24-20(22)17-15(4)23-19(21-17)16-8-6-5-7-9-16/h5-11H,1-4H3. The van der Waals surface area contributed by atoms with Crippen LogP contribution in [0, 0.1) is 27.7 Å². The molecule has 0 radical (unpaired) electrons. The largest absolute Gasteiger partial charge is 0.441 e. The lowest BCUT2D eigenvalue weighted by Crippen LogP contribution is -2.12. The van der Waals surface area contributed by atoms with Crippen LogP contribution in [0.1, 0.15) is 32.9 Å². The smallest absolute Gasteiger partial charge is 0.366 e. The lowest BCUT2D eigenvalue weighted by Gasteiger charge is -2.11. The Morgan fingerprint density at radius 1 is 0.958 bits per heavy atom. The van der Waals surface area contributed by atoms with Crippen molar-refractivity contribution >= 4 is 5.97 Å². The monoisotopic (exact) mass is 321 g/mol. The summed E-state index contributed by atoms with van der Waals surface area (Å²) < 4.78 is 11.2. The quantitative estimate of drug-likeness (QED) is 0.514. The first-order valence-electron chi connectivity index (χ1n) is 7.79. The molecule has 0 bridgehead atoms. The zero-order valence-corrected chi connectivity index (χ0v) is 14.2. The molecule has 0 saturated carbocycles. The fourth-order valence-corrected chi connectivity index (χ4v) is 2.51. The first-order chi connectivity index (χ1) is 11.5. The maximum absolute atomic E-state index is 12.6. The van der Waals surface area contributed by atoms with Crippen molar-refractivity contribution in [2.24, 2.45) is 0 Å². The molecule has 0 spiro atoms. The van der Waals surface area contributed by atoms with Crippen molar-refractivity contribution in [2.45, 2.75) is 27.7 Å². The first-order valence-corrected chi connectivity index (χ1v) is 7.79. The normalized spacial score (nSPS) is 10.7. The summed E-state index contributed by atoms with van der Waals surface area (Å²) in [5.74, 6) is 0.943. The lowest BCUT2D eigenvalue weighted by atomic mass is 10.1. The fourth-order valence-electron chi connectivity index (χ4n) is 2.51. The number of aromatic nitrogens is 1. The number of carbonyl (C=O) groups is 1. The number of benzene rings is 2. The van der Waals surface area contributed by atoms with E-state index >= 15 is 0 Å². The fraction of sp³-hybridized carbons (Fsp3) is 0.200. The Morgan fingerprint density at radius 2 is 1.62 bits per heavy atom. The van der Waals surface area contributed by atoms with E-state index in [9.17, 15) is 4.79 Å². The number of nitrogens with zero attached hydrogens (tertiary/aromatic N) is 1. The van der Waals surface area contributed by atoms with Gasteiger partial charge in [0.15, 0.2) is 5.69 Å². The number of hydrogen-bond donors (Lipinski definition) is 0. The van der Waals surface area contributed by atoms with E-state index in [1.54, 1.807) is 6.92 Å². The van der Waals surface area contributed by atoms with E-state index < -0.39 is 5.97 Å². The van der Waals surface area contributed by atoms with Crippen LogP contribution in [0.25, 0.3) is 11.5 Å². The number of rotatable bonds is 3. The SMILES string of the molecule is Cc1ccc(C)c(OC(=O)c2nc(-c3ccccc3)oc2C)c1C. The van der Waals surface area contributed by atoms with Crippen molar-refractivity contribution in [2.75, 3.05) is 0 Å². The molecule has 1 aromatic heterocycles. The summed E-state index contributed by atoms with van der Waals surface area (Å²) in [5, 5.41) is 0. The van der Waals surface area contributed by atoms with Gasteiger partial charge in [0.1, 0.15) is 11.5 Å². The van der Waals surface area contributed by atoms with Gasteiger partial charge in [0.25, 0.3) is 0 Å². The van der Waals surface area contributed by atoms with Crippen molar-refractivity contribution in [3.05, 3.63) is 70.6 Å². The minimum absolute atomic E-state index is 0.203. The first kappa shape index (κ1) is 16.0. The second-order valence-electron chi connectivity index (χ2n) is 5.83. The van der Waals surface area contributed by atoms with Crippen molar-refractivity contribution < 1.29 is 13.9 Å². The molecule has 1 heterocycles. The molecule has 0 aliphatic heterocycles. The molecular weight excluding hydrogens is 302 g/mol. The molecular formula is C20H19NO3. The van der Waals surface area contributed by atoms with Gasteiger partial charge in [0.05, 0.1) is 0 Å². The molecule has 4 nitrogen and oxygen atoms in total. The second kappa shape index (κ2) is 6.32. The summed E-state index contributed by atoms with van der Waals surface area (Å²) in [5.41, 5.74) is 3.96. The average Bonchev–Trinajstić information content (AvgIpc) is 2.98. The van der Waals surface area contributed by atoms with Crippen LogP contribution < -0.4 is 4.74 Å². The molecule has 0 atom stereocenters. The Hall–Kier alpha value is -2.88. The Kier molecular flexibility index (Phi) is 4.21. The van der Waals surface area contributed by atoms with E-state index in [2.05, 4.69) is 4.98 Å². The van der Waals surface area contributed by atoms with E-state index in [1.807, 2.05) is 63.2 Å². The zero-order valence-electron chi connectivity index (χ0n) is 14.2. The number of esters is 1. The van der Waals surface area contributed by atoms with Gasteiger partial charge >= 0.3 is 5.97 Å². The summed E-state index contributed by atoms with van der Waals surface area (Å²) in [6.07, 6.45) is 0. The lowest BCUT2D eigenvalue weighted by molar-refractivity contribution is 0.0725. The van der Waals surface area contributed by atoms with Gasteiger partial charge in [-0.1, -0.05) is 30.3 Å². The summed E-state index contributed by atoms with van der Waals surface area (Å²) in [4.78, 5) is 16.9. The van der Waals surface area contributed by atoms with E-state index in [4.69, 9.17) is 9.15 Å². The molecule has 0 amide bonds. The van der Waals surface area contributed by atoms with E-state index in [0.717, 1.165) is 22.3 Å². The molecule has 4 heteroatoms. The highest BCUT2D eigenvalue weighted by molar-refractivity contribution is 5.91. The van der Waals surface area contributed by atoms with Gasteiger partial charge in [-0.05, 0) is 56.5 Å². The molecule has 0 unspecified atom stereocenters. The summed E-state index contributed by atoms with van der Waals surface area (Å²) >= 11 is 0. The minimum Gasteiger partial charge on any atom is -0.441 e. The topological polar surface area (TPSA) is 52.3 Å². The van der Waals surface area contributed by atoms with Gasteiger partial charge in [-0.15, -0.1) is 0 Å². The van der Waals surface area contributed by atoms with Gasteiger partial charge in [-0.3, -0.25) is 0 Å². The van der Waals surface area contributed by atoms with E-state index in [-0.39, 0.29) is 5.69 Å². The van der Waals surface area contributed by atoms with E-state index in [0.29, 0.717) is 17.4 Å². The highest BCUT2D eigenvalue weighted by Gasteiger charge is 2.21. The summed E-state index contributed by atoms with van der Waals surface area (Å²) in [7, 11) is 0. The summed E-state index contributed by atoms with van der Waals surface area (Å²) in [6.45, 7) is 7.56. The Bertz CT molecular complexity index is 895. The van der Waals surface area contributed by atoms with Crippen LogP contribution in [0.15, 0.2) is 46.9 Å². The maximum Gasteiger partial charge on any atom is 0.366 e. The molecule has 2 aromatic carbocycles. The Labute approximate surface area is 141 Å². The van der Waals surface area contributed by atoms with Crippen molar-refractivity contribution in [1.82, 2.24) is 4.98 Å². The van der Waals surface area contributed by atoms with Gasteiger partial charge in [0.2, 0.25) is 5.89 Å². The number of ether oxygens (including phenoxy) is 1. The second-order valence-corrected chi connectivity index (χ2v) is 5.83. The van der Waals surface area contributed by atoms with Gasteiger partial charge < -0.3 is 9.15 Å². The van der Waals surface area contributed by atoms with Crippen LogP contribution in [0.3, 0.4) is 0 Å². The molecule has 122 valence electrons. The average molecular weight is 321 g/mol. The van der Waals surface area contributed by atoms with Crippen LogP contribution in [0.5, 0.6) is 5.75 Å². The number of oxazole rings is 1. The van der Waals surface area contributed by atoms with Crippen LogP contribution in [-0.2, 0) is 0 Å². The molecule has 0 fully saturated rings. The van der Waals surface area contributed by atoms with E-state index in [1.165, 1.54) is 0 Å². The number of aryl methyl sites for hydroxylation is 3. The van der Waals surface area contributed by atoms with Gasteiger partial charge in [0, 0.05) is 5.56 Å². The number of carbonyl (C=O) groups excluding carboxylic acids is 1. The molecule has 24 heavy (non-hydrogen) atoms. The highest BCUT2D eigenvalue weighted by atomic mass is 16.5. The van der Waals surface area contributed by atoms with Crippen molar-refractivity contribution in [3.63, 3.8) is 0 Å². The van der Waals surface area contributed by atoms with Crippen molar-refractivity contribution in [3.8, 4) is 17.2 Å². The molecule has 0 aliphatic carbocycles. The minimum atomic E-state index is -0.504. The maximum atomic E-state index is 12.6. The predicted molar refractivity (Wildman–Crippen MR) is 92.3 cm³/mol. The summed E-state index contributed by atoms with van der Waals surface area (Å²) in [6, 6.07) is 13.4. The highest BCUT2D eigenvalue weighted by Crippen LogP contribution is 2.28.